The van der Waals surface area contributed by atoms with E-state index in [1.165, 1.54) is 14.0 Å². The van der Waals surface area contributed by atoms with Gasteiger partial charge in [-0.25, -0.2) is 9.55 Å². The molecule has 174 valence electrons. The highest BCUT2D eigenvalue weighted by atomic mass is 31.2. The van der Waals surface area contributed by atoms with Crippen molar-refractivity contribution < 1.29 is 23.1 Å². The van der Waals surface area contributed by atoms with E-state index >= 15 is 0 Å². The van der Waals surface area contributed by atoms with Crippen LogP contribution in [0.3, 0.4) is 0 Å². The lowest BCUT2D eigenvalue weighted by molar-refractivity contribution is -0.142. The van der Waals surface area contributed by atoms with E-state index in [1.807, 2.05) is 6.20 Å². The van der Waals surface area contributed by atoms with Crippen molar-refractivity contribution in [3.63, 3.8) is 0 Å². The number of hydrogen-bond donors (Lipinski definition) is 3. The van der Waals surface area contributed by atoms with Crippen LogP contribution in [0.5, 0.6) is 5.75 Å². The molecule has 0 bridgehead atoms. The van der Waals surface area contributed by atoms with Gasteiger partial charge in [0.25, 0.3) is 0 Å². The Morgan fingerprint density at radius 1 is 1.33 bits per heavy atom. The lowest BCUT2D eigenvalue weighted by Crippen LogP contribution is -2.34. The number of nitrogens with one attached hydrogen (secondary N) is 1. The van der Waals surface area contributed by atoms with Crippen molar-refractivity contribution in [1.29, 1.82) is 0 Å². The third-order valence-electron chi connectivity index (χ3n) is 4.94. The van der Waals surface area contributed by atoms with Crippen LogP contribution in [0.25, 0.3) is 17.4 Å². The number of para-hydroxylation sites is 1. The number of hydrogen-bond acceptors (Lipinski definition) is 10. The van der Waals surface area contributed by atoms with Gasteiger partial charge in [-0.3, -0.25) is 13.9 Å². The molecule has 4 rings (SSSR count). The molecule has 5 N–H and O–H groups in total. The van der Waals surface area contributed by atoms with E-state index < -0.39 is 19.8 Å². The molecule has 3 aromatic rings. The fourth-order valence-electron chi connectivity index (χ4n) is 3.14. The number of imidazole rings is 1. The summed E-state index contributed by atoms with van der Waals surface area (Å²) < 4.78 is 31.1. The molecule has 2 aromatic heterocycles. The molecule has 1 fully saturated rings. The lowest BCUT2D eigenvalue weighted by Gasteiger charge is -2.22. The summed E-state index contributed by atoms with van der Waals surface area (Å²) in [6, 6.07) is 7.68. The molecule has 12 nitrogen and oxygen atoms in total. The predicted octanol–water partition coefficient (Wildman–Crippen LogP) is 2.21. The number of carbonyl (C=O) groups excluding carboxylic acids is 1. The minimum atomic E-state index is -3.88. The average molecular weight is 473 g/mol. The number of carbonyl (C=O) groups is 1. The number of methoxy groups -OCH3 is 1. The van der Waals surface area contributed by atoms with Gasteiger partial charge in [0.05, 0.1) is 13.7 Å². The highest BCUT2D eigenvalue weighted by Gasteiger charge is 2.37. The van der Waals surface area contributed by atoms with E-state index in [0.29, 0.717) is 23.3 Å². The number of nitrogen functional groups attached to an aromatic ring is 2. The Labute approximate surface area is 189 Å². The van der Waals surface area contributed by atoms with Gasteiger partial charge in [-0.15, -0.1) is 0 Å². The molecule has 0 radical (unpaired) electrons. The van der Waals surface area contributed by atoms with Crippen LogP contribution in [0.2, 0.25) is 0 Å². The van der Waals surface area contributed by atoms with Crippen LogP contribution in [-0.4, -0.2) is 45.2 Å². The number of esters is 1. The van der Waals surface area contributed by atoms with Gasteiger partial charge < -0.3 is 20.7 Å². The Hall–Kier alpha value is -3.47. The number of nitrogens with zero attached hydrogens (tertiary/aromatic N) is 4. The molecule has 2 heterocycles. The first-order chi connectivity index (χ1) is 15.8. The molecule has 33 heavy (non-hydrogen) atoms. The van der Waals surface area contributed by atoms with Crippen molar-refractivity contribution >= 4 is 42.8 Å². The average Bonchev–Trinajstić information content (AvgIpc) is 3.41. The van der Waals surface area contributed by atoms with Gasteiger partial charge in [0, 0.05) is 12.1 Å². The fourth-order valence-corrected chi connectivity index (χ4v) is 4.68. The largest absolute Gasteiger partial charge is 0.468 e. The minimum absolute atomic E-state index is 0.00177. The summed E-state index contributed by atoms with van der Waals surface area (Å²) in [5.74, 6) is 0.0180. The molecule has 1 aliphatic rings. The smallest absolute Gasteiger partial charge is 0.459 e. The van der Waals surface area contributed by atoms with Gasteiger partial charge in [-0.05, 0) is 31.1 Å². The molecule has 0 aliphatic heterocycles. The zero-order valence-corrected chi connectivity index (χ0v) is 18.9. The van der Waals surface area contributed by atoms with Crippen molar-refractivity contribution in [1.82, 2.24) is 24.6 Å². The Balaban J connectivity index is 1.46. The van der Waals surface area contributed by atoms with E-state index in [9.17, 15) is 9.36 Å². The van der Waals surface area contributed by atoms with Crippen LogP contribution in [0.1, 0.15) is 13.3 Å². The van der Waals surface area contributed by atoms with E-state index in [4.69, 9.17) is 25.3 Å². The van der Waals surface area contributed by atoms with Gasteiger partial charge in [-0.1, -0.05) is 18.2 Å². The summed E-state index contributed by atoms with van der Waals surface area (Å²) in [6.07, 6.45) is 4.14. The third kappa shape index (κ3) is 5.30. The molecule has 1 saturated carbocycles. The highest BCUT2D eigenvalue weighted by Crippen LogP contribution is 2.48. The van der Waals surface area contributed by atoms with Gasteiger partial charge in [0.15, 0.2) is 17.0 Å². The Kier molecular flexibility index (Phi) is 6.32. The molecule has 0 spiro atoms. The van der Waals surface area contributed by atoms with Crippen LogP contribution in [0, 0.1) is 5.92 Å². The summed E-state index contributed by atoms with van der Waals surface area (Å²) in [5, 5.41) is 2.63. The standard InChI is InChI=1S/C20H24N7O5P/c1-12(19(28)30-2)26-33(29,32-15-6-4-3-5-7-15)31-10-14-8-13(14)9-27-11-23-16-17(21)24-20(22)25-18(16)27/h3-7,9,11-12,14H,8,10H2,1-2H3,(H,26,29)(H4,21,22,24,25)/b13-9-/t12-,14+,33?/m0/s1. The number of benzene rings is 1. The van der Waals surface area contributed by atoms with E-state index in [0.717, 1.165) is 5.57 Å². The van der Waals surface area contributed by atoms with Crippen molar-refractivity contribution in [3.05, 3.63) is 42.2 Å². The molecule has 0 saturated heterocycles. The number of anilines is 2. The second-order valence-electron chi connectivity index (χ2n) is 7.47. The molecule has 3 atom stereocenters. The zero-order valence-electron chi connectivity index (χ0n) is 18.0. The Morgan fingerprint density at radius 2 is 2.09 bits per heavy atom. The molecule has 1 aromatic carbocycles. The van der Waals surface area contributed by atoms with Crippen molar-refractivity contribution in [2.24, 2.45) is 5.92 Å². The fraction of sp³-hybridized carbons (Fsp3) is 0.300. The van der Waals surface area contributed by atoms with E-state index in [-0.39, 0.29) is 24.3 Å². The number of aromatic nitrogens is 4. The van der Waals surface area contributed by atoms with Gasteiger partial charge in [0.1, 0.15) is 18.1 Å². The second kappa shape index (κ2) is 9.18. The number of ether oxygens (including phenoxy) is 1. The van der Waals surface area contributed by atoms with Gasteiger partial charge >= 0.3 is 13.7 Å². The third-order valence-corrected chi connectivity index (χ3v) is 6.58. The predicted molar refractivity (Wildman–Crippen MR) is 122 cm³/mol. The Morgan fingerprint density at radius 3 is 2.82 bits per heavy atom. The quantitative estimate of drug-likeness (QED) is 0.307. The zero-order chi connectivity index (χ0) is 23.6. The van der Waals surface area contributed by atoms with E-state index in [1.54, 1.807) is 41.2 Å². The topological polar surface area (TPSA) is 169 Å². The molecule has 1 unspecified atom stereocenters. The monoisotopic (exact) mass is 473 g/mol. The van der Waals surface area contributed by atoms with Crippen LogP contribution >= 0.6 is 7.75 Å². The van der Waals surface area contributed by atoms with Gasteiger partial charge in [-0.2, -0.15) is 15.1 Å². The molecular formula is C20H24N7O5P. The maximum atomic E-state index is 13.4. The number of nitrogens with two attached hydrogens (primary N) is 2. The lowest BCUT2D eigenvalue weighted by atomic mass is 10.3. The number of fused-ring (bicyclic) bond motifs is 1. The minimum Gasteiger partial charge on any atom is -0.468 e. The summed E-state index contributed by atoms with van der Waals surface area (Å²) in [4.78, 5) is 24.1. The van der Waals surface area contributed by atoms with Crippen molar-refractivity contribution in [2.75, 3.05) is 25.2 Å². The summed E-state index contributed by atoms with van der Waals surface area (Å²) in [6.45, 7) is 1.63. The highest BCUT2D eigenvalue weighted by molar-refractivity contribution is 7.52. The van der Waals surface area contributed by atoms with Crippen LogP contribution in [0.4, 0.5) is 11.8 Å². The van der Waals surface area contributed by atoms with Crippen LogP contribution in [-0.2, 0) is 18.6 Å². The SMILES string of the molecule is COC(=O)[C@H](C)NP(=O)(OC[C@H]1C/C1=C/n1cnc2c(N)nc(N)nc21)Oc1ccccc1. The summed E-state index contributed by atoms with van der Waals surface area (Å²) >= 11 is 0. The molecule has 1 aliphatic carbocycles. The molecule has 13 heteroatoms. The van der Waals surface area contributed by atoms with Crippen LogP contribution in [0.15, 0.2) is 42.2 Å². The number of rotatable bonds is 9. The Bertz CT molecular complexity index is 1250. The maximum Gasteiger partial charge on any atom is 0.459 e. The van der Waals surface area contributed by atoms with Gasteiger partial charge in [0.2, 0.25) is 5.95 Å². The maximum absolute atomic E-state index is 13.4. The first-order valence-electron chi connectivity index (χ1n) is 10.1. The molecular weight excluding hydrogens is 449 g/mol. The van der Waals surface area contributed by atoms with Crippen molar-refractivity contribution in [3.8, 4) is 5.75 Å². The van der Waals surface area contributed by atoms with Crippen molar-refractivity contribution in [2.45, 2.75) is 19.4 Å². The normalized spacial score (nSPS) is 19.2. The van der Waals surface area contributed by atoms with E-state index in [2.05, 4.69) is 20.0 Å². The van der Waals surface area contributed by atoms with Crippen LogP contribution < -0.4 is 21.1 Å². The first kappa shape index (κ1) is 22.7. The molecule has 0 amide bonds. The summed E-state index contributed by atoms with van der Waals surface area (Å²) in [7, 11) is -2.63. The first-order valence-corrected chi connectivity index (χ1v) is 11.6. The summed E-state index contributed by atoms with van der Waals surface area (Å²) in [5.41, 5.74) is 13.5. The second-order valence-corrected chi connectivity index (χ2v) is 9.16.